The van der Waals surface area contributed by atoms with Crippen LogP contribution in [0.3, 0.4) is 0 Å². The lowest BCUT2D eigenvalue weighted by molar-refractivity contribution is 0.510. The average molecular weight is 252 g/mol. The van der Waals surface area contributed by atoms with E-state index in [0.717, 1.165) is 29.9 Å². The van der Waals surface area contributed by atoms with Crippen molar-refractivity contribution in [2.45, 2.75) is 5.92 Å². The molecule has 0 aliphatic carbocycles. The molecule has 19 heavy (non-hydrogen) atoms. The predicted molar refractivity (Wildman–Crippen MR) is 70.9 cm³/mol. The molecule has 6 nitrogen and oxygen atoms in total. The lowest BCUT2D eigenvalue weighted by atomic mass is 9.94. The third-order valence-electron chi connectivity index (χ3n) is 3.52. The summed E-state index contributed by atoms with van der Waals surface area (Å²) in [5, 5.41) is 8.47. The maximum absolute atomic E-state index is 4.30. The van der Waals surface area contributed by atoms with Crippen LogP contribution in [0.4, 0.5) is 5.82 Å². The number of nitrogens with zero attached hydrogens (tertiary/aromatic N) is 5. The number of aromatic amines is 1. The van der Waals surface area contributed by atoms with Crippen molar-refractivity contribution < 1.29 is 0 Å². The SMILES string of the molecule is c1cnc2n[nH]c(C3CN(c4cnccn4)C3)c2c1. The average Bonchev–Trinajstić information content (AvgIpc) is 2.83. The Hall–Kier alpha value is -2.50. The molecule has 1 saturated heterocycles. The highest BCUT2D eigenvalue weighted by atomic mass is 15.3. The van der Waals surface area contributed by atoms with Gasteiger partial charge < -0.3 is 4.90 Å². The van der Waals surface area contributed by atoms with E-state index in [9.17, 15) is 0 Å². The van der Waals surface area contributed by atoms with Gasteiger partial charge in [-0.15, -0.1) is 0 Å². The smallest absolute Gasteiger partial charge is 0.181 e. The molecule has 0 atom stereocenters. The Bertz CT molecular complexity index is 701. The zero-order valence-electron chi connectivity index (χ0n) is 10.2. The summed E-state index contributed by atoms with van der Waals surface area (Å²) in [5.41, 5.74) is 1.96. The van der Waals surface area contributed by atoms with Crippen LogP contribution in [-0.4, -0.2) is 38.2 Å². The number of rotatable bonds is 2. The van der Waals surface area contributed by atoms with Crippen LogP contribution in [0.5, 0.6) is 0 Å². The fraction of sp³-hybridized carbons (Fsp3) is 0.231. The van der Waals surface area contributed by atoms with Crippen molar-refractivity contribution in [3.05, 3.63) is 42.6 Å². The molecule has 94 valence electrons. The van der Waals surface area contributed by atoms with Crippen molar-refractivity contribution in [2.75, 3.05) is 18.0 Å². The number of hydrogen-bond donors (Lipinski definition) is 1. The molecule has 0 aromatic carbocycles. The number of nitrogens with one attached hydrogen (secondary N) is 1. The zero-order valence-corrected chi connectivity index (χ0v) is 10.2. The van der Waals surface area contributed by atoms with Crippen LogP contribution in [0.1, 0.15) is 11.6 Å². The highest BCUT2D eigenvalue weighted by Gasteiger charge is 2.31. The summed E-state index contributed by atoms with van der Waals surface area (Å²) in [6.45, 7) is 1.87. The molecule has 1 aliphatic rings. The van der Waals surface area contributed by atoms with E-state index in [1.807, 2.05) is 6.07 Å². The van der Waals surface area contributed by atoms with Gasteiger partial charge in [-0.2, -0.15) is 5.10 Å². The molecule has 0 radical (unpaired) electrons. The van der Waals surface area contributed by atoms with Gasteiger partial charge in [-0.05, 0) is 12.1 Å². The van der Waals surface area contributed by atoms with E-state index in [4.69, 9.17) is 0 Å². The fourth-order valence-electron chi connectivity index (χ4n) is 2.48. The first-order valence-electron chi connectivity index (χ1n) is 6.22. The molecule has 1 aliphatic heterocycles. The maximum atomic E-state index is 4.30. The second-order valence-electron chi connectivity index (χ2n) is 4.68. The first kappa shape index (κ1) is 10.4. The standard InChI is InChI=1S/C13H12N6/c1-2-10-12(17-18-13(10)16-3-1)9-7-19(8-9)11-6-14-4-5-15-11/h1-6,9H,7-8H2,(H,16,17,18). The first-order chi connectivity index (χ1) is 9.42. The summed E-state index contributed by atoms with van der Waals surface area (Å²) >= 11 is 0. The summed E-state index contributed by atoms with van der Waals surface area (Å²) in [6, 6.07) is 4.01. The Morgan fingerprint density at radius 3 is 2.95 bits per heavy atom. The number of H-pyrrole nitrogens is 1. The number of hydrogen-bond acceptors (Lipinski definition) is 5. The van der Waals surface area contributed by atoms with E-state index in [1.54, 1.807) is 24.8 Å². The zero-order chi connectivity index (χ0) is 12.7. The normalized spacial score (nSPS) is 15.7. The van der Waals surface area contributed by atoms with Crippen molar-refractivity contribution in [1.82, 2.24) is 25.1 Å². The van der Waals surface area contributed by atoms with Crippen LogP contribution in [-0.2, 0) is 0 Å². The minimum absolute atomic E-state index is 0.455. The van der Waals surface area contributed by atoms with E-state index in [2.05, 4.69) is 36.1 Å². The van der Waals surface area contributed by atoms with Crippen LogP contribution in [0, 0.1) is 0 Å². The van der Waals surface area contributed by atoms with Gasteiger partial charge in [0.25, 0.3) is 0 Å². The van der Waals surface area contributed by atoms with Gasteiger partial charge in [-0.25, -0.2) is 9.97 Å². The Kier molecular flexibility index (Phi) is 2.20. The van der Waals surface area contributed by atoms with Gasteiger partial charge in [0.2, 0.25) is 0 Å². The van der Waals surface area contributed by atoms with Crippen molar-refractivity contribution in [1.29, 1.82) is 0 Å². The molecular formula is C13H12N6. The Labute approximate surface area is 109 Å². The Morgan fingerprint density at radius 1 is 1.16 bits per heavy atom. The molecule has 3 aromatic heterocycles. The summed E-state index contributed by atoms with van der Waals surface area (Å²) in [7, 11) is 0. The second-order valence-corrected chi connectivity index (χ2v) is 4.68. The molecule has 0 bridgehead atoms. The number of aromatic nitrogens is 5. The predicted octanol–water partition coefficient (Wildman–Crippen LogP) is 1.35. The van der Waals surface area contributed by atoms with Gasteiger partial charge in [0, 0.05) is 43.0 Å². The van der Waals surface area contributed by atoms with E-state index < -0.39 is 0 Å². The number of anilines is 1. The molecular weight excluding hydrogens is 240 g/mol. The molecule has 1 fully saturated rings. The molecule has 4 rings (SSSR count). The quantitative estimate of drug-likeness (QED) is 0.745. The Balaban J connectivity index is 1.57. The van der Waals surface area contributed by atoms with Crippen molar-refractivity contribution >= 4 is 16.9 Å². The van der Waals surface area contributed by atoms with Crippen LogP contribution in [0.15, 0.2) is 36.9 Å². The summed E-state index contributed by atoms with van der Waals surface area (Å²) in [4.78, 5) is 14.8. The van der Waals surface area contributed by atoms with Gasteiger partial charge in [0.15, 0.2) is 5.65 Å². The highest BCUT2D eigenvalue weighted by Crippen LogP contribution is 2.32. The molecule has 0 saturated carbocycles. The number of fused-ring (bicyclic) bond motifs is 1. The van der Waals surface area contributed by atoms with Gasteiger partial charge >= 0.3 is 0 Å². The molecule has 4 heterocycles. The van der Waals surface area contributed by atoms with Crippen LogP contribution in [0.25, 0.3) is 11.0 Å². The second kappa shape index (κ2) is 4.01. The molecule has 6 heteroatoms. The van der Waals surface area contributed by atoms with E-state index in [0.29, 0.717) is 5.92 Å². The largest absolute Gasteiger partial charge is 0.354 e. The molecule has 3 aromatic rings. The van der Waals surface area contributed by atoms with Crippen LogP contribution >= 0.6 is 0 Å². The molecule has 0 unspecified atom stereocenters. The summed E-state index contributed by atoms with van der Waals surface area (Å²) < 4.78 is 0. The lowest BCUT2D eigenvalue weighted by Crippen LogP contribution is -2.45. The molecule has 0 amide bonds. The third-order valence-corrected chi connectivity index (χ3v) is 3.52. The Morgan fingerprint density at radius 2 is 2.11 bits per heavy atom. The van der Waals surface area contributed by atoms with Gasteiger partial charge in [-0.3, -0.25) is 10.1 Å². The van der Waals surface area contributed by atoms with Crippen LogP contribution < -0.4 is 4.90 Å². The maximum Gasteiger partial charge on any atom is 0.181 e. The minimum atomic E-state index is 0.455. The number of pyridine rings is 1. The van der Waals surface area contributed by atoms with Gasteiger partial charge in [0.1, 0.15) is 5.82 Å². The van der Waals surface area contributed by atoms with Crippen LogP contribution in [0.2, 0.25) is 0 Å². The van der Waals surface area contributed by atoms with Gasteiger partial charge in [-0.1, -0.05) is 0 Å². The van der Waals surface area contributed by atoms with E-state index >= 15 is 0 Å². The highest BCUT2D eigenvalue weighted by molar-refractivity contribution is 5.78. The lowest BCUT2D eigenvalue weighted by Gasteiger charge is -2.39. The van der Waals surface area contributed by atoms with Crippen molar-refractivity contribution in [3.8, 4) is 0 Å². The molecule has 1 N–H and O–H groups in total. The monoisotopic (exact) mass is 252 g/mol. The molecule has 0 spiro atoms. The van der Waals surface area contributed by atoms with Gasteiger partial charge in [0.05, 0.1) is 11.9 Å². The third kappa shape index (κ3) is 1.64. The van der Waals surface area contributed by atoms with E-state index in [-0.39, 0.29) is 0 Å². The summed E-state index contributed by atoms with van der Waals surface area (Å²) in [6.07, 6.45) is 6.97. The first-order valence-corrected chi connectivity index (χ1v) is 6.22. The summed E-state index contributed by atoms with van der Waals surface area (Å²) in [5.74, 6) is 1.39. The fourth-order valence-corrected chi connectivity index (χ4v) is 2.48. The minimum Gasteiger partial charge on any atom is -0.354 e. The van der Waals surface area contributed by atoms with E-state index in [1.165, 1.54) is 5.69 Å². The topological polar surface area (TPSA) is 70.6 Å². The van der Waals surface area contributed by atoms with Crippen molar-refractivity contribution in [2.24, 2.45) is 0 Å². The van der Waals surface area contributed by atoms with Crippen molar-refractivity contribution in [3.63, 3.8) is 0 Å².